The number of nitriles is 2. The summed E-state index contributed by atoms with van der Waals surface area (Å²) in [7, 11) is 0. The van der Waals surface area contributed by atoms with Crippen LogP contribution in [0.15, 0.2) is 36.4 Å². The highest BCUT2D eigenvalue weighted by molar-refractivity contribution is 5.47. The van der Waals surface area contributed by atoms with Crippen molar-refractivity contribution in [2.45, 2.75) is 30.7 Å². The van der Waals surface area contributed by atoms with E-state index >= 15 is 0 Å². The minimum atomic E-state index is -1.52. The molecule has 1 aliphatic heterocycles. The Morgan fingerprint density at radius 3 is 2.07 bits per heavy atom. The fourth-order valence-corrected chi connectivity index (χ4v) is 2.78. The molecule has 3 rings (SSSR count). The molecule has 0 radical (unpaired) electrons. The van der Waals surface area contributed by atoms with Crippen molar-refractivity contribution in [2.75, 3.05) is 6.61 Å². The van der Waals surface area contributed by atoms with Crippen LogP contribution in [0.5, 0.6) is 5.75 Å². The standard InChI is InChI=1S/C21H17N3O6/c22-9-14-7-13(8-15(10-23)24-14)2-1-12-3-5-16(6-4-12)29-21-20(28)19(27)18(26)17(11-25)30-21/h3-8,17-21,25-28H,11H2/t17-,18+,19+,20-,21-/m1/s1. The normalized spacial score (nSPS) is 25.3. The summed E-state index contributed by atoms with van der Waals surface area (Å²) in [5, 5.41) is 56.8. The highest BCUT2D eigenvalue weighted by atomic mass is 16.7. The van der Waals surface area contributed by atoms with Gasteiger partial charge in [0.25, 0.3) is 0 Å². The van der Waals surface area contributed by atoms with Crippen LogP contribution in [0.2, 0.25) is 0 Å². The van der Waals surface area contributed by atoms with Crippen LogP contribution in [0.3, 0.4) is 0 Å². The highest BCUT2D eigenvalue weighted by Crippen LogP contribution is 2.24. The maximum absolute atomic E-state index is 10.0. The van der Waals surface area contributed by atoms with Crippen molar-refractivity contribution in [1.82, 2.24) is 4.98 Å². The van der Waals surface area contributed by atoms with E-state index in [0.29, 0.717) is 16.9 Å². The second-order valence-corrected chi connectivity index (χ2v) is 6.44. The average molecular weight is 407 g/mol. The first-order valence-electron chi connectivity index (χ1n) is 8.86. The Hall–Kier alpha value is -3.49. The summed E-state index contributed by atoms with van der Waals surface area (Å²) in [6, 6.07) is 13.1. The summed E-state index contributed by atoms with van der Waals surface area (Å²) >= 11 is 0. The fraction of sp³-hybridized carbons (Fsp3) is 0.286. The predicted molar refractivity (Wildman–Crippen MR) is 100 cm³/mol. The van der Waals surface area contributed by atoms with E-state index in [2.05, 4.69) is 16.8 Å². The number of aliphatic hydroxyl groups excluding tert-OH is 4. The lowest BCUT2D eigenvalue weighted by molar-refractivity contribution is -0.277. The molecule has 1 saturated heterocycles. The van der Waals surface area contributed by atoms with E-state index in [1.165, 1.54) is 12.1 Å². The Bertz CT molecular complexity index is 1010. The van der Waals surface area contributed by atoms with Gasteiger partial charge in [0.2, 0.25) is 6.29 Å². The Balaban J connectivity index is 1.72. The molecule has 5 atom stereocenters. The zero-order valence-corrected chi connectivity index (χ0v) is 15.5. The number of benzene rings is 1. The van der Waals surface area contributed by atoms with Crippen LogP contribution in [0, 0.1) is 34.5 Å². The van der Waals surface area contributed by atoms with E-state index < -0.39 is 37.3 Å². The van der Waals surface area contributed by atoms with Gasteiger partial charge in [-0.2, -0.15) is 10.5 Å². The van der Waals surface area contributed by atoms with Gasteiger partial charge in [-0.05, 0) is 36.4 Å². The summed E-state index contributed by atoms with van der Waals surface area (Å²) in [6.07, 6.45) is -6.82. The van der Waals surface area contributed by atoms with Gasteiger partial charge in [0.15, 0.2) is 0 Å². The smallest absolute Gasteiger partial charge is 0.229 e. The summed E-state index contributed by atoms with van der Waals surface area (Å²) < 4.78 is 10.8. The first kappa shape index (κ1) is 21.2. The summed E-state index contributed by atoms with van der Waals surface area (Å²) in [4.78, 5) is 3.83. The maximum Gasteiger partial charge on any atom is 0.229 e. The van der Waals surface area contributed by atoms with Crippen molar-refractivity contribution in [1.29, 1.82) is 10.5 Å². The number of ether oxygens (including phenoxy) is 2. The third-order valence-electron chi connectivity index (χ3n) is 4.36. The lowest BCUT2D eigenvalue weighted by Crippen LogP contribution is -2.60. The van der Waals surface area contributed by atoms with Gasteiger partial charge in [-0.15, -0.1) is 0 Å². The number of aromatic nitrogens is 1. The molecule has 9 heteroatoms. The van der Waals surface area contributed by atoms with E-state index in [4.69, 9.17) is 20.0 Å². The van der Waals surface area contributed by atoms with Gasteiger partial charge in [-0.3, -0.25) is 0 Å². The van der Waals surface area contributed by atoms with Crippen LogP contribution >= 0.6 is 0 Å². The van der Waals surface area contributed by atoms with Gasteiger partial charge in [0, 0.05) is 11.1 Å². The van der Waals surface area contributed by atoms with E-state index in [1.807, 2.05) is 12.1 Å². The molecule has 0 bridgehead atoms. The Morgan fingerprint density at radius 2 is 1.50 bits per heavy atom. The highest BCUT2D eigenvalue weighted by Gasteiger charge is 2.44. The molecular formula is C21H17N3O6. The molecule has 1 aromatic carbocycles. The molecule has 0 amide bonds. The van der Waals surface area contributed by atoms with Crippen molar-refractivity contribution in [3.63, 3.8) is 0 Å². The van der Waals surface area contributed by atoms with E-state index in [0.717, 1.165) is 0 Å². The number of nitrogens with zero attached hydrogens (tertiary/aromatic N) is 3. The molecule has 0 spiro atoms. The molecule has 2 aromatic rings. The van der Waals surface area contributed by atoms with Gasteiger partial charge in [0.05, 0.1) is 6.61 Å². The van der Waals surface area contributed by atoms with E-state index in [-0.39, 0.29) is 11.4 Å². The quantitative estimate of drug-likeness (QED) is 0.487. The largest absolute Gasteiger partial charge is 0.462 e. The number of rotatable bonds is 3. The van der Waals surface area contributed by atoms with Crippen molar-refractivity contribution < 1.29 is 29.9 Å². The summed E-state index contributed by atoms with van der Waals surface area (Å²) in [5.74, 6) is 6.06. The maximum atomic E-state index is 10.0. The lowest BCUT2D eigenvalue weighted by Gasteiger charge is -2.39. The Morgan fingerprint density at radius 1 is 0.900 bits per heavy atom. The third kappa shape index (κ3) is 4.73. The summed E-state index contributed by atoms with van der Waals surface area (Å²) in [6.45, 7) is -0.546. The zero-order chi connectivity index (χ0) is 21.7. The molecule has 0 aliphatic carbocycles. The Labute approximate surface area is 172 Å². The van der Waals surface area contributed by atoms with Crippen LogP contribution in [-0.4, -0.2) is 62.7 Å². The van der Waals surface area contributed by atoms with Crippen LogP contribution in [-0.2, 0) is 4.74 Å². The van der Waals surface area contributed by atoms with Crippen LogP contribution in [0.1, 0.15) is 22.5 Å². The number of hydrogen-bond donors (Lipinski definition) is 4. The molecule has 0 saturated carbocycles. The van der Waals surface area contributed by atoms with Crippen molar-refractivity contribution in [2.24, 2.45) is 0 Å². The molecule has 4 N–H and O–H groups in total. The fourth-order valence-electron chi connectivity index (χ4n) is 2.78. The molecule has 1 fully saturated rings. The zero-order valence-electron chi connectivity index (χ0n) is 15.5. The molecule has 1 aromatic heterocycles. The van der Waals surface area contributed by atoms with Gasteiger partial charge in [0.1, 0.15) is 53.7 Å². The minimum absolute atomic E-state index is 0.0987. The molecule has 152 valence electrons. The van der Waals surface area contributed by atoms with Crippen LogP contribution < -0.4 is 4.74 Å². The average Bonchev–Trinajstić information content (AvgIpc) is 2.78. The molecule has 2 heterocycles. The van der Waals surface area contributed by atoms with Crippen LogP contribution in [0.4, 0.5) is 0 Å². The third-order valence-corrected chi connectivity index (χ3v) is 4.36. The van der Waals surface area contributed by atoms with Gasteiger partial charge >= 0.3 is 0 Å². The lowest BCUT2D eigenvalue weighted by atomic mass is 9.99. The number of aliphatic hydroxyl groups is 4. The minimum Gasteiger partial charge on any atom is -0.462 e. The van der Waals surface area contributed by atoms with Gasteiger partial charge in [-0.1, -0.05) is 11.8 Å². The van der Waals surface area contributed by atoms with E-state index in [9.17, 15) is 20.4 Å². The first-order chi connectivity index (χ1) is 14.4. The Kier molecular flexibility index (Phi) is 6.61. The van der Waals surface area contributed by atoms with Crippen molar-refractivity contribution >= 4 is 0 Å². The number of hydrogen-bond acceptors (Lipinski definition) is 9. The SMILES string of the molecule is N#Cc1cc(C#Cc2ccc(O[C@@H]3O[C@H](CO)[C@H](O)[C@H](O)[C@H]3O)cc2)cc(C#N)n1. The molecule has 1 aliphatic rings. The molecule has 9 nitrogen and oxygen atoms in total. The van der Waals surface area contributed by atoms with Gasteiger partial charge < -0.3 is 29.9 Å². The summed E-state index contributed by atoms with van der Waals surface area (Å²) in [5.41, 5.74) is 1.29. The second kappa shape index (κ2) is 9.34. The number of pyridine rings is 1. The monoisotopic (exact) mass is 407 g/mol. The van der Waals surface area contributed by atoms with E-state index in [1.54, 1.807) is 24.3 Å². The predicted octanol–water partition coefficient (Wildman–Crippen LogP) is -0.597. The van der Waals surface area contributed by atoms with Crippen molar-refractivity contribution in [3.05, 3.63) is 58.9 Å². The molecular weight excluding hydrogens is 390 g/mol. The molecule has 30 heavy (non-hydrogen) atoms. The second-order valence-electron chi connectivity index (χ2n) is 6.44. The van der Waals surface area contributed by atoms with Crippen LogP contribution in [0.25, 0.3) is 0 Å². The van der Waals surface area contributed by atoms with Crippen molar-refractivity contribution in [3.8, 4) is 29.7 Å². The topological polar surface area (TPSA) is 160 Å². The van der Waals surface area contributed by atoms with Gasteiger partial charge in [-0.25, -0.2) is 4.98 Å². The first-order valence-corrected chi connectivity index (χ1v) is 8.86. The molecule has 0 unspecified atom stereocenters.